The lowest BCUT2D eigenvalue weighted by Crippen LogP contribution is -2.09. The standard InChI is InChI=1S/C12H10ClFN2O2/c1-2-18-12(17)7-5-16-11-6(10(7)15)3-4-8(13)9(11)14/h3-5H,2H2,1H3,(H2,15,16). The van der Waals surface area contributed by atoms with Crippen LogP contribution in [0, 0.1) is 5.82 Å². The molecule has 0 saturated heterocycles. The van der Waals surface area contributed by atoms with Crippen molar-refractivity contribution in [2.45, 2.75) is 6.92 Å². The highest BCUT2D eigenvalue weighted by molar-refractivity contribution is 6.31. The van der Waals surface area contributed by atoms with E-state index in [4.69, 9.17) is 22.1 Å². The summed E-state index contributed by atoms with van der Waals surface area (Å²) in [6.07, 6.45) is 1.19. The largest absolute Gasteiger partial charge is 0.462 e. The molecule has 2 rings (SSSR count). The molecule has 0 radical (unpaired) electrons. The molecule has 0 spiro atoms. The fourth-order valence-corrected chi connectivity index (χ4v) is 1.75. The average Bonchev–Trinajstić information content (AvgIpc) is 2.34. The molecule has 0 unspecified atom stereocenters. The van der Waals surface area contributed by atoms with Crippen LogP contribution in [0.15, 0.2) is 18.3 Å². The number of nitrogens with two attached hydrogens (primary N) is 1. The second-order valence-corrected chi connectivity index (χ2v) is 3.97. The molecule has 1 heterocycles. The van der Waals surface area contributed by atoms with Crippen molar-refractivity contribution in [2.24, 2.45) is 0 Å². The molecule has 0 aliphatic carbocycles. The molecule has 0 bridgehead atoms. The summed E-state index contributed by atoms with van der Waals surface area (Å²) in [7, 11) is 0. The lowest BCUT2D eigenvalue weighted by molar-refractivity contribution is 0.0527. The van der Waals surface area contributed by atoms with Crippen LogP contribution in [0.2, 0.25) is 5.02 Å². The van der Waals surface area contributed by atoms with Crippen molar-refractivity contribution >= 4 is 34.2 Å². The zero-order valence-corrected chi connectivity index (χ0v) is 10.3. The number of hydrogen-bond donors (Lipinski definition) is 1. The Labute approximate surface area is 108 Å². The molecular formula is C12H10ClFN2O2. The van der Waals surface area contributed by atoms with Gasteiger partial charge in [-0.25, -0.2) is 9.18 Å². The van der Waals surface area contributed by atoms with Gasteiger partial charge < -0.3 is 10.5 Å². The Balaban J connectivity index is 2.65. The van der Waals surface area contributed by atoms with Crippen molar-refractivity contribution < 1.29 is 13.9 Å². The van der Waals surface area contributed by atoms with E-state index in [0.717, 1.165) is 0 Å². The van der Waals surface area contributed by atoms with Crippen molar-refractivity contribution in [1.82, 2.24) is 4.98 Å². The van der Waals surface area contributed by atoms with Crippen molar-refractivity contribution in [3.8, 4) is 0 Å². The highest BCUT2D eigenvalue weighted by Gasteiger charge is 2.16. The molecule has 2 N–H and O–H groups in total. The third kappa shape index (κ3) is 1.97. The van der Waals surface area contributed by atoms with Crippen LogP contribution in [0.25, 0.3) is 10.9 Å². The number of hydrogen-bond acceptors (Lipinski definition) is 4. The summed E-state index contributed by atoms with van der Waals surface area (Å²) in [4.78, 5) is 15.5. The Kier molecular flexibility index (Phi) is 3.34. The number of pyridine rings is 1. The van der Waals surface area contributed by atoms with Crippen LogP contribution in [-0.4, -0.2) is 17.6 Å². The van der Waals surface area contributed by atoms with E-state index in [2.05, 4.69) is 4.98 Å². The van der Waals surface area contributed by atoms with E-state index < -0.39 is 11.8 Å². The summed E-state index contributed by atoms with van der Waals surface area (Å²) >= 11 is 5.64. The number of ether oxygens (including phenoxy) is 1. The van der Waals surface area contributed by atoms with Crippen LogP contribution >= 0.6 is 11.6 Å². The number of rotatable bonds is 2. The zero-order chi connectivity index (χ0) is 13.3. The molecule has 1 aromatic heterocycles. The molecule has 0 saturated carbocycles. The highest BCUT2D eigenvalue weighted by Crippen LogP contribution is 2.28. The minimum Gasteiger partial charge on any atom is -0.462 e. The summed E-state index contributed by atoms with van der Waals surface area (Å²) in [5, 5.41) is 0.292. The van der Waals surface area contributed by atoms with Gasteiger partial charge in [0.05, 0.1) is 17.3 Å². The van der Waals surface area contributed by atoms with Crippen LogP contribution in [0.1, 0.15) is 17.3 Å². The van der Waals surface area contributed by atoms with Gasteiger partial charge in [-0.1, -0.05) is 11.6 Å². The maximum Gasteiger partial charge on any atom is 0.341 e. The number of esters is 1. The lowest BCUT2D eigenvalue weighted by Gasteiger charge is -2.08. The monoisotopic (exact) mass is 268 g/mol. The maximum atomic E-state index is 13.7. The van der Waals surface area contributed by atoms with Gasteiger partial charge in [0.15, 0.2) is 5.82 Å². The molecule has 1 aromatic carbocycles. The normalized spacial score (nSPS) is 10.6. The molecule has 0 atom stereocenters. The topological polar surface area (TPSA) is 65.2 Å². The van der Waals surface area contributed by atoms with Gasteiger partial charge in [-0.15, -0.1) is 0 Å². The van der Waals surface area contributed by atoms with Gasteiger partial charge in [0.25, 0.3) is 0 Å². The van der Waals surface area contributed by atoms with E-state index in [1.54, 1.807) is 6.92 Å². The summed E-state index contributed by atoms with van der Waals surface area (Å²) in [6, 6.07) is 2.89. The third-order valence-electron chi connectivity index (χ3n) is 2.47. The van der Waals surface area contributed by atoms with Gasteiger partial charge in [-0.05, 0) is 19.1 Å². The smallest absolute Gasteiger partial charge is 0.341 e. The van der Waals surface area contributed by atoms with Gasteiger partial charge in [-0.3, -0.25) is 4.98 Å². The predicted molar refractivity (Wildman–Crippen MR) is 67.1 cm³/mol. The molecule has 0 aliphatic heterocycles. The number of nitrogens with zero attached hydrogens (tertiary/aromatic N) is 1. The van der Waals surface area contributed by atoms with E-state index in [-0.39, 0.29) is 28.4 Å². The fourth-order valence-electron chi connectivity index (χ4n) is 1.60. The van der Waals surface area contributed by atoms with Gasteiger partial charge in [-0.2, -0.15) is 0 Å². The summed E-state index contributed by atoms with van der Waals surface area (Å²) in [5.74, 6) is -1.24. The molecule has 0 fully saturated rings. The SMILES string of the molecule is CCOC(=O)c1cnc2c(F)c(Cl)ccc2c1N. The molecule has 4 nitrogen and oxygen atoms in total. The van der Waals surface area contributed by atoms with E-state index in [1.165, 1.54) is 18.3 Å². The maximum absolute atomic E-state index is 13.7. The Hall–Kier alpha value is -1.88. The molecule has 18 heavy (non-hydrogen) atoms. The summed E-state index contributed by atoms with van der Waals surface area (Å²) in [6.45, 7) is 1.91. The van der Waals surface area contributed by atoms with Gasteiger partial charge in [0, 0.05) is 11.6 Å². The Morgan fingerprint density at radius 1 is 1.56 bits per heavy atom. The van der Waals surface area contributed by atoms with Gasteiger partial charge >= 0.3 is 5.97 Å². The quantitative estimate of drug-likeness (QED) is 0.851. The van der Waals surface area contributed by atoms with Crippen LogP contribution in [0.4, 0.5) is 10.1 Å². The van der Waals surface area contributed by atoms with Gasteiger partial charge in [0.1, 0.15) is 11.1 Å². The molecule has 94 valence electrons. The first-order valence-electron chi connectivity index (χ1n) is 5.25. The third-order valence-corrected chi connectivity index (χ3v) is 2.76. The van der Waals surface area contributed by atoms with Crippen LogP contribution < -0.4 is 5.73 Å². The first-order chi connectivity index (χ1) is 8.56. The van der Waals surface area contributed by atoms with Crippen LogP contribution in [-0.2, 0) is 4.74 Å². The molecule has 6 heteroatoms. The average molecular weight is 269 g/mol. The minimum atomic E-state index is -0.656. The number of fused-ring (bicyclic) bond motifs is 1. The number of benzene rings is 1. The van der Waals surface area contributed by atoms with Crippen LogP contribution in [0.5, 0.6) is 0 Å². The number of anilines is 1. The van der Waals surface area contributed by atoms with Crippen LogP contribution in [0.3, 0.4) is 0 Å². The summed E-state index contributed by atoms with van der Waals surface area (Å²) in [5.41, 5.74) is 6.10. The number of carbonyl (C=O) groups is 1. The zero-order valence-electron chi connectivity index (χ0n) is 9.54. The first-order valence-corrected chi connectivity index (χ1v) is 5.63. The first kappa shape index (κ1) is 12.6. The Morgan fingerprint density at radius 3 is 2.94 bits per heavy atom. The van der Waals surface area contributed by atoms with Crippen molar-refractivity contribution in [3.05, 3.63) is 34.7 Å². The lowest BCUT2D eigenvalue weighted by atomic mass is 10.1. The van der Waals surface area contributed by atoms with E-state index in [0.29, 0.717) is 5.39 Å². The van der Waals surface area contributed by atoms with E-state index in [9.17, 15) is 9.18 Å². The van der Waals surface area contributed by atoms with E-state index in [1.807, 2.05) is 0 Å². The summed E-state index contributed by atoms with van der Waals surface area (Å²) < 4.78 is 18.5. The second-order valence-electron chi connectivity index (χ2n) is 3.56. The van der Waals surface area contributed by atoms with Crippen molar-refractivity contribution in [1.29, 1.82) is 0 Å². The molecular weight excluding hydrogens is 259 g/mol. The number of carbonyl (C=O) groups excluding carboxylic acids is 1. The number of halogens is 2. The molecule has 2 aromatic rings. The number of nitrogen functional groups attached to an aromatic ring is 1. The van der Waals surface area contributed by atoms with Gasteiger partial charge in [0.2, 0.25) is 0 Å². The predicted octanol–water partition coefficient (Wildman–Crippen LogP) is 2.79. The molecule has 0 amide bonds. The van der Waals surface area contributed by atoms with Crippen molar-refractivity contribution in [3.63, 3.8) is 0 Å². The molecule has 0 aliphatic rings. The van der Waals surface area contributed by atoms with E-state index >= 15 is 0 Å². The Bertz CT molecular complexity index is 631. The Morgan fingerprint density at radius 2 is 2.28 bits per heavy atom. The minimum absolute atomic E-state index is 0.0352. The van der Waals surface area contributed by atoms with Crippen molar-refractivity contribution in [2.75, 3.05) is 12.3 Å². The highest BCUT2D eigenvalue weighted by atomic mass is 35.5. The fraction of sp³-hybridized carbons (Fsp3) is 0.167. The number of aromatic nitrogens is 1. The second kappa shape index (κ2) is 4.78.